The maximum absolute atomic E-state index is 11.7. The number of amides is 2. The van der Waals surface area contributed by atoms with E-state index in [1.54, 1.807) is 24.3 Å². The molecular weight excluding hydrogens is 244 g/mol. The van der Waals surface area contributed by atoms with Crippen LogP contribution in [-0.4, -0.2) is 30.1 Å². The molecule has 0 heterocycles. The summed E-state index contributed by atoms with van der Waals surface area (Å²) in [6, 6.07) is 6.71. The van der Waals surface area contributed by atoms with Crippen LogP contribution in [0.25, 0.3) is 0 Å². The predicted molar refractivity (Wildman–Crippen MR) is 73.9 cm³/mol. The molecular formula is C14H20N2O3. The Balaban J connectivity index is 2.56. The summed E-state index contributed by atoms with van der Waals surface area (Å²) in [6.07, 6.45) is 0.536. The molecule has 0 radical (unpaired) electrons. The first-order valence-electron chi connectivity index (χ1n) is 6.34. The number of aliphatic hydroxyl groups is 1. The topological polar surface area (TPSA) is 78.4 Å². The van der Waals surface area contributed by atoms with Crippen LogP contribution >= 0.6 is 0 Å². The second-order valence-electron chi connectivity index (χ2n) is 4.55. The summed E-state index contributed by atoms with van der Waals surface area (Å²) in [5.41, 5.74) is 1.20. The minimum Gasteiger partial charge on any atom is -0.396 e. The summed E-state index contributed by atoms with van der Waals surface area (Å²) in [4.78, 5) is 23.2. The number of hydrogen-bond acceptors (Lipinski definition) is 3. The van der Waals surface area contributed by atoms with Gasteiger partial charge in [0.2, 0.25) is 5.91 Å². The van der Waals surface area contributed by atoms with Crippen molar-refractivity contribution < 1.29 is 14.7 Å². The maximum atomic E-state index is 11.7. The van der Waals surface area contributed by atoms with Gasteiger partial charge in [0.05, 0.1) is 0 Å². The average molecular weight is 264 g/mol. The van der Waals surface area contributed by atoms with Gasteiger partial charge in [-0.2, -0.15) is 0 Å². The molecule has 5 heteroatoms. The lowest BCUT2D eigenvalue weighted by atomic mass is 10.1. The van der Waals surface area contributed by atoms with Crippen LogP contribution in [0.3, 0.4) is 0 Å². The van der Waals surface area contributed by atoms with Gasteiger partial charge in [0.15, 0.2) is 0 Å². The van der Waals surface area contributed by atoms with Crippen LogP contribution in [0.2, 0.25) is 0 Å². The van der Waals surface area contributed by atoms with E-state index in [1.165, 1.54) is 0 Å². The first-order chi connectivity index (χ1) is 9.04. The summed E-state index contributed by atoms with van der Waals surface area (Å²) in [6.45, 7) is 4.14. The molecule has 1 rings (SSSR count). The number of carbonyl (C=O) groups excluding carboxylic acids is 2. The van der Waals surface area contributed by atoms with Crippen molar-refractivity contribution in [1.29, 1.82) is 0 Å². The van der Waals surface area contributed by atoms with Gasteiger partial charge in [0, 0.05) is 30.3 Å². The van der Waals surface area contributed by atoms with E-state index in [0.717, 1.165) is 0 Å². The number of aliphatic hydroxyl groups excluding tert-OH is 1. The molecule has 5 nitrogen and oxygen atoms in total. The summed E-state index contributed by atoms with van der Waals surface area (Å²) in [5, 5.41) is 14.1. The Morgan fingerprint density at radius 3 is 2.37 bits per heavy atom. The number of carbonyl (C=O) groups is 2. The lowest BCUT2D eigenvalue weighted by molar-refractivity contribution is -0.118. The van der Waals surface area contributed by atoms with Gasteiger partial charge in [-0.1, -0.05) is 13.8 Å². The zero-order valence-corrected chi connectivity index (χ0v) is 11.3. The van der Waals surface area contributed by atoms with Crippen molar-refractivity contribution in [1.82, 2.24) is 5.32 Å². The molecule has 0 bridgehead atoms. The van der Waals surface area contributed by atoms with Crippen molar-refractivity contribution in [2.75, 3.05) is 18.5 Å². The predicted octanol–water partition coefficient (Wildman–Crippen LogP) is 1.39. The highest BCUT2D eigenvalue weighted by Crippen LogP contribution is 2.11. The van der Waals surface area contributed by atoms with E-state index < -0.39 is 0 Å². The molecule has 104 valence electrons. The monoisotopic (exact) mass is 264 g/mol. The minimum absolute atomic E-state index is 0.0554. The normalized spacial score (nSPS) is 10.3. The molecule has 3 N–H and O–H groups in total. The quantitative estimate of drug-likeness (QED) is 0.679. The van der Waals surface area contributed by atoms with Crippen LogP contribution in [0.15, 0.2) is 24.3 Å². The van der Waals surface area contributed by atoms with Gasteiger partial charge >= 0.3 is 0 Å². The van der Waals surface area contributed by atoms with Gasteiger partial charge < -0.3 is 15.7 Å². The lowest BCUT2D eigenvalue weighted by Gasteiger charge is -2.08. The maximum Gasteiger partial charge on any atom is 0.251 e. The Hall–Kier alpha value is -1.88. The highest BCUT2D eigenvalue weighted by Gasteiger charge is 2.08. The Morgan fingerprint density at radius 2 is 1.84 bits per heavy atom. The molecule has 2 amide bonds. The summed E-state index contributed by atoms with van der Waals surface area (Å²) >= 11 is 0. The Labute approximate surface area is 113 Å². The molecule has 0 atom stereocenters. The molecule has 0 saturated carbocycles. The van der Waals surface area contributed by atoms with Crippen molar-refractivity contribution >= 4 is 17.5 Å². The Kier molecular flexibility index (Phi) is 6.02. The smallest absolute Gasteiger partial charge is 0.251 e. The first kappa shape index (κ1) is 15.2. The van der Waals surface area contributed by atoms with Crippen molar-refractivity contribution in [3.63, 3.8) is 0 Å². The van der Waals surface area contributed by atoms with E-state index in [4.69, 9.17) is 5.11 Å². The van der Waals surface area contributed by atoms with Gasteiger partial charge in [0.1, 0.15) is 0 Å². The van der Waals surface area contributed by atoms with Crippen LogP contribution in [0.1, 0.15) is 30.6 Å². The largest absolute Gasteiger partial charge is 0.396 e. The van der Waals surface area contributed by atoms with Crippen LogP contribution < -0.4 is 10.6 Å². The second kappa shape index (κ2) is 7.53. The minimum atomic E-state index is -0.185. The highest BCUT2D eigenvalue weighted by molar-refractivity contribution is 5.96. The number of benzene rings is 1. The molecule has 0 spiro atoms. The zero-order valence-electron chi connectivity index (χ0n) is 11.3. The summed E-state index contributed by atoms with van der Waals surface area (Å²) in [7, 11) is 0. The van der Waals surface area contributed by atoms with Crippen molar-refractivity contribution in [3.05, 3.63) is 29.8 Å². The molecule has 0 aliphatic heterocycles. The van der Waals surface area contributed by atoms with Crippen LogP contribution in [0, 0.1) is 5.92 Å². The van der Waals surface area contributed by atoms with Gasteiger partial charge in [-0.05, 0) is 30.7 Å². The molecule has 1 aromatic rings. The van der Waals surface area contributed by atoms with Gasteiger partial charge in [-0.3, -0.25) is 9.59 Å². The lowest BCUT2D eigenvalue weighted by Crippen LogP contribution is -2.25. The third-order valence-electron chi connectivity index (χ3n) is 2.56. The fraction of sp³-hybridized carbons (Fsp3) is 0.429. The zero-order chi connectivity index (χ0) is 14.3. The van der Waals surface area contributed by atoms with Gasteiger partial charge in [-0.25, -0.2) is 0 Å². The van der Waals surface area contributed by atoms with E-state index in [-0.39, 0.29) is 24.3 Å². The standard InChI is InChI=1S/C14H20N2O3/c1-10(2)13(18)16-12-6-4-11(5-7-12)14(19)15-8-3-9-17/h4-7,10,17H,3,8-9H2,1-2H3,(H,15,19)(H,16,18). The molecule has 0 aliphatic carbocycles. The number of rotatable bonds is 6. The molecule has 19 heavy (non-hydrogen) atoms. The second-order valence-corrected chi connectivity index (χ2v) is 4.55. The molecule has 1 aromatic carbocycles. The number of anilines is 1. The molecule has 0 fully saturated rings. The average Bonchev–Trinajstić information content (AvgIpc) is 2.39. The highest BCUT2D eigenvalue weighted by atomic mass is 16.3. The Bertz CT molecular complexity index is 427. The van der Waals surface area contributed by atoms with E-state index in [1.807, 2.05) is 13.8 Å². The van der Waals surface area contributed by atoms with Gasteiger partial charge in [-0.15, -0.1) is 0 Å². The van der Waals surface area contributed by atoms with Crippen molar-refractivity contribution in [2.24, 2.45) is 5.92 Å². The first-order valence-corrected chi connectivity index (χ1v) is 6.34. The summed E-state index contributed by atoms with van der Waals surface area (Å²) in [5.74, 6) is -0.322. The van der Waals surface area contributed by atoms with E-state index in [0.29, 0.717) is 24.2 Å². The van der Waals surface area contributed by atoms with E-state index >= 15 is 0 Å². The van der Waals surface area contributed by atoms with Crippen LogP contribution in [0.4, 0.5) is 5.69 Å². The number of nitrogens with one attached hydrogen (secondary N) is 2. The van der Waals surface area contributed by atoms with Crippen LogP contribution in [0.5, 0.6) is 0 Å². The van der Waals surface area contributed by atoms with E-state index in [9.17, 15) is 9.59 Å². The fourth-order valence-electron chi connectivity index (χ4n) is 1.37. The van der Waals surface area contributed by atoms with Crippen LogP contribution in [-0.2, 0) is 4.79 Å². The molecule has 0 saturated heterocycles. The molecule has 0 aliphatic rings. The number of hydrogen-bond donors (Lipinski definition) is 3. The van der Waals surface area contributed by atoms with Crippen molar-refractivity contribution in [2.45, 2.75) is 20.3 Å². The third-order valence-corrected chi connectivity index (χ3v) is 2.56. The van der Waals surface area contributed by atoms with Gasteiger partial charge in [0.25, 0.3) is 5.91 Å². The van der Waals surface area contributed by atoms with Crippen molar-refractivity contribution in [3.8, 4) is 0 Å². The summed E-state index contributed by atoms with van der Waals surface area (Å²) < 4.78 is 0. The third kappa shape index (κ3) is 5.09. The molecule has 0 unspecified atom stereocenters. The fourth-order valence-corrected chi connectivity index (χ4v) is 1.37. The molecule has 0 aromatic heterocycles. The SMILES string of the molecule is CC(C)C(=O)Nc1ccc(C(=O)NCCCO)cc1. The Morgan fingerprint density at radius 1 is 1.21 bits per heavy atom. The van der Waals surface area contributed by atoms with E-state index in [2.05, 4.69) is 10.6 Å².